The molecular formula is C13H22OSi. The van der Waals surface area contributed by atoms with Crippen molar-refractivity contribution in [1.29, 1.82) is 0 Å². The van der Waals surface area contributed by atoms with Crippen LogP contribution < -0.4 is 0 Å². The van der Waals surface area contributed by atoms with E-state index in [0.29, 0.717) is 0 Å². The molecule has 15 heavy (non-hydrogen) atoms. The second kappa shape index (κ2) is 5.47. The van der Waals surface area contributed by atoms with Crippen LogP contribution in [0.15, 0.2) is 30.3 Å². The monoisotopic (exact) mass is 222 g/mol. The highest BCUT2D eigenvalue weighted by molar-refractivity contribution is 6.72. The summed E-state index contributed by atoms with van der Waals surface area (Å²) in [5.41, 5.74) is 2.00. The minimum Gasteiger partial charge on any atom is -0.413 e. The van der Waals surface area contributed by atoms with Gasteiger partial charge in [-0.15, -0.1) is 0 Å². The Bertz CT molecular complexity index is 282. The van der Waals surface area contributed by atoms with Crippen molar-refractivity contribution in [3.05, 3.63) is 35.9 Å². The molecule has 0 radical (unpaired) electrons. The first-order valence-corrected chi connectivity index (χ1v) is 8.72. The summed E-state index contributed by atoms with van der Waals surface area (Å²) in [4.78, 5) is 0. The Morgan fingerprint density at radius 2 is 1.80 bits per heavy atom. The zero-order valence-electron chi connectivity index (χ0n) is 10.3. The summed E-state index contributed by atoms with van der Waals surface area (Å²) in [5, 5.41) is 0. The molecule has 1 unspecified atom stereocenters. The highest BCUT2D eigenvalue weighted by Gasteiger charge is 2.28. The van der Waals surface area contributed by atoms with Gasteiger partial charge in [0.25, 0.3) is 0 Å². The summed E-state index contributed by atoms with van der Waals surface area (Å²) in [7, 11) is -1.49. The minimum absolute atomic E-state index is 0.723. The molecule has 0 saturated heterocycles. The van der Waals surface area contributed by atoms with E-state index in [1.807, 2.05) is 6.07 Å². The molecule has 1 atom stereocenters. The van der Waals surface area contributed by atoms with Gasteiger partial charge in [0.05, 0.1) is 6.61 Å². The van der Waals surface area contributed by atoms with Gasteiger partial charge in [0.15, 0.2) is 8.32 Å². The molecule has 84 valence electrons. The molecule has 2 heteroatoms. The third-order valence-electron chi connectivity index (χ3n) is 3.25. The predicted octanol–water partition coefficient (Wildman–Crippen LogP) is 4.21. The maximum Gasteiger partial charge on any atom is 0.190 e. The zero-order chi connectivity index (χ0) is 11.3. The highest BCUT2D eigenvalue weighted by Crippen LogP contribution is 2.26. The maximum atomic E-state index is 6.11. The topological polar surface area (TPSA) is 9.23 Å². The normalized spacial score (nSPS) is 13.9. The Labute approximate surface area is 94.6 Å². The van der Waals surface area contributed by atoms with Crippen LogP contribution in [0.1, 0.15) is 25.8 Å². The fraction of sp³-hybridized carbons (Fsp3) is 0.538. The average Bonchev–Trinajstić information content (AvgIpc) is 2.27. The number of rotatable bonds is 5. The highest BCUT2D eigenvalue weighted by atomic mass is 28.4. The molecule has 0 heterocycles. The van der Waals surface area contributed by atoms with Gasteiger partial charge < -0.3 is 4.43 Å². The molecule has 0 aromatic heterocycles. The maximum absolute atomic E-state index is 6.11. The molecule has 1 aromatic carbocycles. The van der Waals surface area contributed by atoms with Crippen molar-refractivity contribution in [2.75, 3.05) is 0 Å². The molecule has 0 aliphatic heterocycles. The number of hydrogen-bond donors (Lipinski definition) is 0. The molecule has 0 saturated carbocycles. The molecule has 0 spiro atoms. The SMILES string of the molecule is CCC(C)[Si](C)(C)OCc1ccccc1. The Kier molecular flexibility index (Phi) is 4.55. The van der Waals surface area contributed by atoms with Crippen LogP contribution in [0.25, 0.3) is 0 Å². The van der Waals surface area contributed by atoms with E-state index in [0.717, 1.165) is 12.1 Å². The fourth-order valence-corrected chi connectivity index (χ4v) is 3.28. The Hall–Kier alpha value is -0.603. The van der Waals surface area contributed by atoms with Gasteiger partial charge in [0, 0.05) is 0 Å². The van der Waals surface area contributed by atoms with Crippen molar-refractivity contribution in [1.82, 2.24) is 0 Å². The van der Waals surface area contributed by atoms with Crippen LogP contribution in [0.2, 0.25) is 18.6 Å². The van der Waals surface area contributed by atoms with E-state index in [1.165, 1.54) is 12.0 Å². The molecule has 0 aliphatic carbocycles. The third-order valence-corrected chi connectivity index (χ3v) is 6.92. The second-order valence-corrected chi connectivity index (χ2v) is 9.17. The van der Waals surface area contributed by atoms with Crippen LogP contribution in [-0.2, 0) is 11.0 Å². The molecule has 1 aromatic rings. The molecule has 0 N–H and O–H groups in total. The van der Waals surface area contributed by atoms with Crippen LogP contribution in [-0.4, -0.2) is 8.32 Å². The second-order valence-electron chi connectivity index (χ2n) is 4.69. The van der Waals surface area contributed by atoms with Crippen LogP contribution in [0, 0.1) is 0 Å². The smallest absolute Gasteiger partial charge is 0.190 e. The molecule has 1 rings (SSSR count). The Morgan fingerprint density at radius 1 is 1.20 bits per heavy atom. The minimum atomic E-state index is -1.49. The molecule has 0 amide bonds. The Morgan fingerprint density at radius 3 is 2.33 bits per heavy atom. The van der Waals surface area contributed by atoms with Gasteiger partial charge in [0.2, 0.25) is 0 Å². The fourth-order valence-electron chi connectivity index (χ4n) is 1.48. The summed E-state index contributed by atoms with van der Waals surface area (Å²) in [6.45, 7) is 9.93. The first-order valence-electron chi connectivity index (χ1n) is 5.74. The summed E-state index contributed by atoms with van der Waals surface area (Å²) in [6, 6.07) is 10.4. The third kappa shape index (κ3) is 3.80. The van der Waals surface area contributed by atoms with E-state index in [1.54, 1.807) is 0 Å². The standard InChI is InChI=1S/C13H22OSi/c1-5-12(2)15(3,4)14-11-13-9-7-6-8-10-13/h6-10,12H,5,11H2,1-4H3. The molecule has 0 fully saturated rings. The number of benzene rings is 1. The number of hydrogen-bond acceptors (Lipinski definition) is 1. The first-order chi connectivity index (χ1) is 7.06. The van der Waals surface area contributed by atoms with E-state index in [2.05, 4.69) is 51.2 Å². The van der Waals surface area contributed by atoms with Crippen molar-refractivity contribution in [3.8, 4) is 0 Å². The van der Waals surface area contributed by atoms with E-state index < -0.39 is 8.32 Å². The van der Waals surface area contributed by atoms with Crippen LogP contribution in [0.4, 0.5) is 0 Å². The predicted molar refractivity (Wildman–Crippen MR) is 68.4 cm³/mol. The molecule has 1 nitrogen and oxygen atoms in total. The van der Waals surface area contributed by atoms with Gasteiger partial charge in [-0.2, -0.15) is 0 Å². The van der Waals surface area contributed by atoms with E-state index in [-0.39, 0.29) is 0 Å². The van der Waals surface area contributed by atoms with Crippen LogP contribution in [0.5, 0.6) is 0 Å². The summed E-state index contributed by atoms with van der Waals surface area (Å²) < 4.78 is 6.11. The summed E-state index contributed by atoms with van der Waals surface area (Å²) in [5.74, 6) is 0. The first kappa shape index (κ1) is 12.5. The lowest BCUT2D eigenvalue weighted by atomic mass is 10.2. The van der Waals surface area contributed by atoms with Gasteiger partial charge >= 0.3 is 0 Å². The van der Waals surface area contributed by atoms with Crippen molar-refractivity contribution >= 4 is 8.32 Å². The lowest BCUT2D eigenvalue weighted by Crippen LogP contribution is -2.34. The average molecular weight is 222 g/mol. The quantitative estimate of drug-likeness (QED) is 0.678. The van der Waals surface area contributed by atoms with Crippen molar-refractivity contribution < 1.29 is 4.43 Å². The van der Waals surface area contributed by atoms with Crippen molar-refractivity contribution in [3.63, 3.8) is 0 Å². The van der Waals surface area contributed by atoms with E-state index >= 15 is 0 Å². The summed E-state index contributed by atoms with van der Waals surface area (Å²) in [6.07, 6.45) is 1.22. The zero-order valence-corrected chi connectivity index (χ0v) is 11.3. The lowest BCUT2D eigenvalue weighted by Gasteiger charge is -2.28. The lowest BCUT2D eigenvalue weighted by molar-refractivity contribution is 0.286. The largest absolute Gasteiger partial charge is 0.413 e. The van der Waals surface area contributed by atoms with Gasteiger partial charge in [-0.25, -0.2) is 0 Å². The molecule has 0 bridgehead atoms. The van der Waals surface area contributed by atoms with Crippen LogP contribution in [0.3, 0.4) is 0 Å². The summed E-state index contributed by atoms with van der Waals surface area (Å²) >= 11 is 0. The van der Waals surface area contributed by atoms with E-state index in [9.17, 15) is 0 Å². The van der Waals surface area contributed by atoms with Crippen LogP contribution >= 0.6 is 0 Å². The van der Waals surface area contributed by atoms with Crippen molar-refractivity contribution in [2.45, 2.75) is 45.5 Å². The molecule has 0 aliphatic rings. The van der Waals surface area contributed by atoms with Gasteiger partial charge in [-0.1, -0.05) is 50.6 Å². The van der Waals surface area contributed by atoms with Crippen molar-refractivity contribution in [2.24, 2.45) is 0 Å². The van der Waals surface area contributed by atoms with E-state index in [4.69, 9.17) is 4.43 Å². The Balaban J connectivity index is 2.49. The van der Waals surface area contributed by atoms with Gasteiger partial charge in [0.1, 0.15) is 0 Å². The van der Waals surface area contributed by atoms with Gasteiger partial charge in [-0.3, -0.25) is 0 Å². The van der Waals surface area contributed by atoms with Gasteiger partial charge in [-0.05, 0) is 24.2 Å². The molecular weight excluding hydrogens is 200 g/mol.